The Balaban J connectivity index is 1.27. The van der Waals surface area contributed by atoms with Gasteiger partial charge < -0.3 is 19.7 Å². The summed E-state index contributed by atoms with van der Waals surface area (Å²) in [5.41, 5.74) is 5.92. The van der Waals surface area contributed by atoms with Crippen LogP contribution in [0.1, 0.15) is 25.7 Å². The van der Waals surface area contributed by atoms with Gasteiger partial charge in [-0.15, -0.1) is 0 Å². The molecule has 0 aromatic heterocycles. The van der Waals surface area contributed by atoms with Crippen molar-refractivity contribution in [3.63, 3.8) is 0 Å². The largest absolute Gasteiger partial charge is 0.464 e. The molecule has 2 aromatic carbocycles. The second kappa shape index (κ2) is 9.74. The molecular formula is C23H24F3N2O7P. The summed E-state index contributed by atoms with van der Waals surface area (Å²) in [5.74, 6) is -1.45. The normalized spacial score (nSPS) is 27.7. The van der Waals surface area contributed by atoms with Crippen molar-refractivity contribution >= 4 is 19.0 Å². The predicted octanol–water partition coefficient (Wildman–Crippen LogP) is 5.62. The first-order valence-electron chi connectivity index (χ1n) is 11.2. The van der Waals surface area contributed by atoms with Crippen molar-refractivity contribution in [3.05, 3.63) is 58.6 Å². The van der Waals surface area contributed by atoms with Crippen LogP contribution in [0.4, 0.5) is 18.9 Å². The summed E-state index contributed by atoms with van der Waals surface area (Å²) in [5, 5.41) is 8.93. The highest BCUT2D eigenvalue weighted by Gasteiger charge is 2.72. The number of ether oxygens (including phenoxy) is 2. The van der Waals surface area contributed by atoms with Crippen LogP contribution in [0, 0.1) is 22.0 Å². The molecule has 194 valence electrons. The number of rotatable bonds is 8. The van der Waals surface area contributed by atoms with Crippen LogP contribution in [-0.4, -0.2) is 35.1 Å². The van der Waals surface area contributed by atoms with Gasteiger partial charge in [0.1, 0.15) is 17.2 Å². The minimum Gasteiger partial charge on any atom is -0.464 e. The number of nitro groups is 1. The van der Waals surface area contributed by atoms with E-state index >= 15 is 0 Å². The Labute approximate surface area is 204 Å². The summed E-state index contributed by atoms with van der Waals surface area (Å²) in [7, 11) is -3.56. The Kier molecular flexibility index (Phi) is 7.03. The Morgan fingerprint density at radius 2 is 1.56 bits per heavy atom. The zero-order chi connectivity index (χ0) is 26.1. The predicted molar refractivity (Wildman–Crippen MR) is 122 cm³/mol. The van der Waals surface area contributed by atoms with Gasteiger partial charge in [0.15, 0.2) is 0 Å². The number of hydrogen-bond acceptors (Lipinski definition) is 8. The molecule has 9 nitrogen and oxygen atoms in total. The van der Waals surface area contributed by atoms with E-state index in [2.05, 4.69) is 0 Å². The molecule has 1 unspecified atom stereocenters. The van der Waals surface area contributed by atoms with E-state index < -0.39 is 35.6 Å². The van der Waals surface area contributed by atoms with Gasteiger partial charge in [-0.3, -0.25) is 14.7 Å². The zero-order valence-corrected chi connectivity index (χ0v) is 19.9. The molecule has 2 aliphatic rings. The fourth-order valence-corrected chi connectivity index (χ4v) is 6.16. The number of carbonyl (C=O) groups excluding carboxylic acids is 1. The average molecular weight is 528 g/mol. The summed E-state index contributed by atoms with van der Waals surface area (Å²) in [6.45, 7) is -0.0724. The summed E-state index contributed by atoms with van der Waals surface area (Å²) in [6.07, 6.45) is -3.86. The van der Waals surface area contributed by atoms with Crippen LogP contribution in [0.5, 0.6) is 17.2 Å². The van der Waals surface area contributed by atoms with Crippen molar-refractivity contribution in [2.24, 2.45) is 17.6 Å². The van der Waals surface area contributed by atoms with E-state index in [1.54, 1.807) is 0 Å². The quantitative estimate of drug-likeness (QED) is 0.202. The third-order valence-corrected chi connectivity index (χ3v) is 9.02. The maximum Gasteiger partial charge on any atom is 0.391 e. The highest BCUT2D eigenvalue weighted by atomic mass is 31.2. The molecular weight excluding hydrogens is 504 g/mol. The second-order valence-electron chi connectivity index (χ2n) is 9.03. The van der Waals surface area contributed by atoms with Crippen LogP contribution in [0.3, 0.4) is 0 Å². The van der Waals surface area contributed by atoms with Crippen molar-refractivity contribution in [1.82, 2.24) is 0 Å². The molecule has 1 saturated carbocycles. The van der Waals surface area contributed by atoms with Gasteiger partial charge in [0.05, 0.1) is 23.6 Å². The van der Waals surface area contributed by atoms with Crippen LogP contribution < -0.4 is 15.0 Å². The van der Waals surface area contributed by atoms with E-state index in [-0.39, 0.29) is 55.8 Å². The highest BCUT2D eigenvalue weighted by molar-refractivity contribution is 7.70. The second-order valence-corrected chi connectivity index (χ2v) is 11.7. The van der Waals surface area contributed by atoms with Crippen molar-refractivity contribution in [3.8, 4) is 17.2 Å². The lowest BCUT2D eigenvalue weighted by molar-refractivity contribution is -0.384. The lowest BCUT2D eigenvalue weighted by Gasteiger charge is -2.29. The van der Waals surface area contributed by atoms with Gasteiger partial charge in [-0.25, -0.2) is 4.79 Å². The topological polar surface area (TPSA) is 131 Å². The van der Waals surface area contributed by atoms with Crippen LogP contribution in [0.25, 0.3) is 0 Å². The van der Waals surface area contributed by atoms with Gasteiger partial charge in [0.2, 0.25) is 5.28 Å². The lowest BCUT2D eigenvalue weighted by Crippen LogP contribution is -2.37. The SMILES string of the molecule is N[C@]1(C(=O)OCC2CCC(C(F)(F)F)CC2)CP1(=O)Oc1ccc(Oc2ccc([N+](=O)[O-])cc2)cc1. The maximum absolute atomic E-state index is 13.0. The molecule has 36 heavy (non-hydrogen) atoms. The number of nitrogens with two attached hydrogens (primary N) is 1. The third kappa shape index (κ3) is 5.65. The first-order chi connectivity index (χ1) is 16.9. The molecule has 0 amide bonds. The molecule has 1 heterocycles. The van der Waals surface area contributed by atoms with Gasteiger partial charge in [-0.1, -0.05) is 0 Å². The fourth-order valence-electron chi connectivity index (χ4n) is 4.09. The Bertz CT molecular complexity index is 1170. The van der Waals surface area contributed by atoms with E-state index in [0.29, 0.717) is 11.5 Å². The van der Waals surface area contributed by atoms with Gasteiger partial charge >= 0.3 is 12.1 Å². The van der Waals surface area contributed by atoms with Crippen LogP contribution in [0.2, 0.25) is 0 Å². The summed E-state index contributed by atoms with van der Waals surface area (Å²) < 4.78 is 67.7. The molecule has 1 saturated heterocycles. The van der Waals surface area contributed by atoms with Crippen LogP contribution in [0.15, 0.2) is 48.5 Å². The van der Waals surface area contributed by atoms with Crippen molar-refractivity contribution < 1.29 is 41.5 Å². The number of nitro benzene ring substituents is 1. The number of benzene rings is 2. The zero-order valence-electron chi connectivity index (χ0n) is 19.0. The van der Waals surface area contributed by atoms with E-state index in [9.17, 15) is 32.6 Å². The molecule has 4 rings (SSSR count). The van der Waals surface area contributed by atoms with E-state index in [1.165, 1.54) is 48.5 Å². The van der Waals surface area contributed by atoms with Gasteiger partial charge in [0, 0.05) is 12.1 Å². The molecule has 13 heteroatoms. The smallest absolute Gasteiger partial charge is 0.391 e. The monoisotopic (exact) mass is 528 g/mol. The fraction of sp³-hybridized carbons (Fsp3) is 0.435. The lowest BCUT2D eigenvalue weighted by atomic mass is 9.82. The molecule has 2 aromatic rings. The van der Waals surface area contributed by atoms with E-state index in [0.717, 1.165) is 0 Å². The number of alkyl halides is 3. The number of non-ortho nitro benzene ring substituents is 1. The van der Waals surface area contributed by atoms with Gasteiger partial charge in [0.25, 0.3) is 13.1 Å². The van der Waals surface area contributed by atoms with E-state index in [1.807, 2.05) is 0 Å². The van der Waals surface area contributed by atoms with Crippen LogP contribution >= 0.6 is 7.37 Å². The highest BCUT2D eigenvalue weighted by Crippen LogP contribution is 2.73. The molecule has 0 bridgehead atoms. The van der Waals surface area contributed by atoms with E-state index in [4.69, 9.17) is 19.7 Å². The maximum atomic E-state index is 13.0. The number of nitrogens with zero attached hydrogens (tertiary/aromatic N) is 1. The number of carbonyl (C=O) groups is 1. The van der Waals surface area contributed by atoms with Crippen LogP contribution in [-0.2, 0) is 14.1 Å². The average Bonchev–Trinajstić information content (AvgIpc) is 3.39. The summed E-state index contributed by atoms with van der Waals surface area (Å²) >= 11 is 0. The summed E-state index contributed by atoms with van der Waals surface area (Å²) in [6, 6.07) is 11.5. The third-order valence-electron chi connectivity index (χ3n) is 6.43. The molecule has 1 aliphatic carbocycles. The summed E-state index contributed by atoms with van der Waals surface area (Å²) in [4.78, 5) is 22.7. The standard InChI is InChI=1S/C23H24F3N2O7P/c24-23(25,26)16-3-1-15(2-4-16)13-33-21(29)22(27)14-36(22,32)35-20-11-9-19(10-12-20)34-18-7-5-17(6-8-18)28(30)31/h5-12,15-16H,1-4,13-14,27H2/t15?,16?,22-,36?/m1/s1. The van der Waals surface area contributed by atoms with Gasteiger partial charge in [-0.05, 0) is 68.0 Å². The Hall–Kier alpha value is -3.11. The van der Waals surface area contributed by atoms with Crippen molar-refractivity contribution in [2.75, 3.05) is 12.8 Å². The number of esters is 1. The molecule has 1 aliphatic heterocycles. The Morgan fingerprint density at radius 1 is 1.03 bits per heavy atom. The minimum absolute atomic E-state index is 0.00894. The number of hydrogen-bond donors (Lipinski definition) is 1. The molecule has 0 radical (unpaired) electrons. The first kappa shape index (κ1) is 26.0. The van der Waals surface area contributed by atoms with Crippen molar-refractivity contribution in [2.45, 2.75) is 37.1 Å². The molecule has 2 N–H and O–H groups in total. The Morgan fingerprint density at radius 3 is 2.08 bits per heavy atom. The van der Waals surface area contributed by atoms with Gasteiger partial charge in [-0.2, -0.15) is 13.2 Å². The molecule has 2 atom stereocenters. The number of halogens is 3. The molecule has 0 spiro atoms. The molecule has 2 fully saturated rings. The minimum atomic E-state index is -4.21. The first-order valence-corrected chi connectivity index (χ1v) is 13.0. The van der Waals surface area contributed by atoms with Crippen molar-refractivity contribution in [1.29, 1.82) is 0 Å².